The SMILES string of the molecule is C=C(CNCc1ccc(C(C)C)cc1)C(=O)OCC. The Bertz CT molecular complexity index is 421. The molecule has 0 aliphatic carbocycles. The Kier molecular flexibility index (Phi) is 6.30. The van der Waals surface area contributed by atoms with Gasteiger partial charge in [0.05, 0.1) is 6.61 Å². The summed E-state index contributed by atoms with van der Waals surface area (Å²) < 4.78 is 4.87. The smallest absolute Gasteiger partial charge is 0.334 e. The number of rotatable bonds is 7. The maximum atomic E-state index is 11.3. The van der Waals surface area contributed by atoms with Crippen LogP contribution in [-0.2, 0) is 16.1 Å². The molecule has 1 N–H and O–H groups in total. The molecule has 0 radical (unpaired) electrons. The molecule has 0 atom stereocenters. The maximum Gasteiger partial charge on any atom is 0.334 e. The molecule has 1 aromatic rings. The normalized spacial score (nSPS) is 10.5. The molecule has 19 heavy (non-hydrogen) atoms. The van der Waals surface area contributed by atoms with Gasteiger partial charge in [0, 0.05) is 18.7 Å². The number of carbonyl (C=O) groups is 1. The number of nitrogens with one attached hydrogen (secondary N) is 1. The standard InChI is InChI=1S/C16H23NO2/c1-5-19-16(18)13(4)10-17-11-14-6-8-15(9-7-14)12(2)3/h6-9,12,17H,4-5,10-11H2,1-3H3. The zero-order chi connectivity index (χ0) is 14.3. The second-order valence-corrected chi connectivity index (χ2v) is 4.82. The predicted molar refractivity (Wildman–Crippen MR) is 78.0 cm³/mol. The van der Waals surface area contributed by atoms with E-state index in [1.54, 1.807) is 6.92 Å². The van der Waals surface area contributed by atoms with Crippen molar-refractivity contribution in [3.05, 3.63) is 47.5 Å². The Morgan fingerprint density at radius 3 is 2.47 bits per heavy atom. The molecule has 1 rings (SSSR count). The van der Waals surface area contributed by atoms with Crippen molar-refractivity contribution < 1.29 is 9.53 Å². The van der Waals surface area contributed by atoms with Crippen LogP contribution in [0.2, 0.25) is 0 Å². The van der Waals surface area contributed by atoms with E-state index in [4.69, 9.17) is 4.74 Å². The van der Waals surface area contributed by atoms with Gasteiger partial charge in [0.25, 0.3) is 0 Å². The Morgan fingerprint density at radius 1 is 1.32 bits per heavy atom. The molecule has 0 aliphatic heterocycles. The van der Waals surface area contributed by atoms with Crippen LogP contribution in [0.3, 0.4) is 0 Å². The van der Waals surface area contributed by atoms with Crippen molar-refractivity contribution in [3.8, 4) is 0 Å². The first-order chi connectivity index (χ1) is 9.04. The van der Waals surface area contributed by atoms with E-state index in [0.717, 1.165) is 6.54 Å². The lowest BCUT2D eigenvalue weighted by atomic mass is 10.0. The molecule has 0 unspecified atom stereocenters. The van der Waals surface area contributed by atoms with E-state index in [1.165, 1.54) is 11.1 Å². The van der Waals surface area contributed by atoms with Gasteiger partial charge in [0.2, 0.25) is 0 Å². The fourth-order valence-electron chi connectivity index (χ4n) is 1.68. The Balaban J connectivity index is 2.37. The van der Waals surface area contributed by atoms with E-state index in [9.17, 15) is 4.79 Å². The lowest BCUT2D eigenvalue weighted by molar-refractivity contribution is -0.138. The molecule has 0 bridgehead atoms. The van der Waals surface area contributed by atoms with Crippen molar-refractivity contribution in [3.63, 3.8) is 0 Å². The zero-order valence-electron chi connectivity index (χ0n) is 12.0. The Morgan fingerprint density at radius 2 is 1.95 bits per heavy atom. The van der Waals surface area contributed by atoms with Crippen LogP contribution >= 0.6 is 0 Å². The van der Waals surface area contributed by atoms with Gasteiger partial charge >= 0.3 is 5.97 Å². The number of hydrogen-bond donors (Lipinski definition) is 1. The van der Waals surface area contributed by atoms with Crippen molar-refractivity contribution in [1.82, 2.24) is 5.32 Å². The van der Waals surface area contributed by atoms with Crippen LogP contribution in [0.5, 0.6) is 0 Å². The van der Waals surface area contributed by atoms with Gasteiger partial charge in [-0.05, 0) is 24.0 Å². The number of ether oxygens (including phenoxy) is 1. The summed E-state index contributed by atoms with van der Waals surface area (Å²) in [6, 6.07) is 8.49. The molecule has 0 aliphatic rings. The van der Waals surface area contributed by atoms with Crippen molar-refractivity contribution in [1.29, 1.82) is 0 Å². The maximum absolute atomic E-state index is 11.3. The molecule has 0 amide bonds. The zero-order valence-corrected chi connectivity index (χ0v) is 12.0. The first-order valence-electron chi connectivity index (χ1n) is 6.69. The van der Waals surface area contributed by atoms with Crippen LogP contribution in [0, 0.1) is 0 Å². The number of carbonyl (C=O) groups excluding carboxylic acids is 1. The van der Waals surface area contributed by atoms with Crippen LogP contribution in [0.1, 0.15) is 37.8 Å². The molecular formula is C16H23NO2. The van der Waals surface area contributed by atoms with Crippen LogP contribution in [0.25, 0.3) is 0 Å². The summed E-state index contributed by atoms with van der Waals surface area (Å²) in [5.74, 6) is 0.218. The third-order valence-corrected chi connectivity index (χ3v) is 2.88. The summed E-state index contributed by atoms with van der Waals surface area (Å²) in [6.07, 6.45) is 0. The number of benzene rings is 1. The summed E-state index contributed by atoms with van der Waals surface area (Å²) in [7, 11) is 0. The number of esters is 1. The van der Waals surface area contributed by atoms with Gasteiger partial charge in [-0.25, -0.2) is 4.79 Å². The summed E-state index contributed by atoms with van der Waals surface area (Å²) in [6.45, 7) is 11.4. The molecule has 0 heterocycles. The minimum Gasteiger partial charge on any atom is -0.463 e. The quantitative estimate of drug-likeness (QED) is 0.605. The predicted octanol–water partition coefficient (Wildman–Crippen LogP) is 3.02. The van der Waals surface area contributed by atoms with Crippen molar-refractivity contribution in [2.45, 2.75) is 33.2 Å². The first-order valence-corrected chi connectivity index (χ1v) is 6.69. The fraction of sp³-hybridized carbons (Fsp3) is 0.438. The summed E-state index contributed by atoms with van der Waals surface area (Å²) in [4.78, 5) is 11.3. The fourth-order valence-corrected chi connectivity index (χ4v) is 1.68. The molecule has 3 nitrogen and oxygen atoms in total. The van der Waals surface area contributed by atoms with E-state index in [0.29, 0.717) is 24.6 Å². The Hall–Kier alpha value is -1.61. The topological polar surface area (TPSA) is 38.3 Å². The van der Waals surface area contributed by atoms with E-state index >= 15 is 0 Å². The number of hydrogen-bond acceptors (Lipinski definition) is 3. The first kappa shape index (κ1) is 15.4. The van der Waals surface area contributed by atoms with Gasteiger partial charge in [-0.3, -0.25) is 0 Å². The molecule has 104 valence electrons. The molecule has 3 heteroatoms. The molecule has 0 saturated carbocycles. The van der Waals surface area contributed by atoms with Crippen LogP contribution in [0.15, 0.2) is 36.4 Å². The molecule has 0 aromatic heterocycles. The van der Waals surface area contributed by atoms with Gasteiger partial charge in [-0.2, -0.15) is 0 Å². The molecule has 0 spiro atoms. The third-order valence-electron chi connectivity index (χ3n) is 2.88. The average Bonchev–Trinajstić information content (AvgIpc) is 2.39. The van der Waals surface area contributed by atoms with Gasteiger partial charge in [0.1, 0.15) is 0 Å². The monoisotopic (exact) mass is 261 g/mol. The lowest BCUT2D eigenvalue weighted by Crippen LogP contribution is -2.21. The highest BCUT2D eigenvalue weighted by Gasteiger charge is 2.06. The Labute approximate surface area is 115 Å². The highest BCUT2D eigenvalue weighted by atomic mass is 16.5. The van der Waals surface area contributed by atoms with E-state index in [2.05, 4.69) is 50.0 Å². The van der Waals surface area contributed by atoms with E-state index in [1.807, 2.05) is 0 Å². The van der Waals surface area contributed by atoms with Crippen molar-refractivity contribution >= 4 is 5.97 Å². The van der Waals surface area contributed by atoms with E-state index in [-0.39, 0.29) is 5.97 Å². The largest absolute Gasteiger partial charge is 0.463 e. The van der Waals surface area contributed by atoms with Gasteiger partial charge in [0.15, 0.2) is 0 Å². The second kappa shape index (κ2) is 7.74. The average molecular weight is 261 g/mol. The summed E-state index contributed by atoms with van der Waals surface area (Å²) in [5.41, 5.74) is 2.99. The van der Waals surface area contributed by atoms with Gasteiger partial charge < -0.3 is 10.1 Å². The molecule has 0 saturated heterocycles. The van der Waals surface area contributed by atoms with Gasteiger partial charge in [-0.1, -0.05) is 44.7 Å². The highest BCUT2D eigenvalue weighted by Crippen LogP contribution is 2.14. The third kappa shape index (κ3) is 5.26. The van der Waals surface area contributed by atoms with Crippen molar-refractivity contribution in [2.24, 2.45) is 0 Å². The minimum absolute atomic E-state index is 0.329. The van der Waals surface area contributed by atoms with Crippen LogP contribution in [0.4, 0.5) is 0 Å². The summed E-state index contributed by atoms with van der Waals surface area (Å²) in [5, 5.41) is 3.19. The molecular weight excluding hydrogens is 238 g/mol. The van der Waals surface area contributed by atoms with Crippen LogP contribution in [-0.4, -0.2) is 19.1 Å². The highest BCUT2D eigenvalue weighted by molar-refractivity contribution is 5.88. The molecule has 0 fully saturated rings. The lowest BCUT2D eigenvalue weighted by Gasteiger charge is -2.09. The van der Waals surface area contributed by atoms with Crippen molar-refractivity contribution in [2.75, 3.05) is 13.2 Å². The van der Waals surface area contributed by atoms with Gasteiger partial charge in [-0.15, -0.1) is 0 Å². The second-order valence-electron chi connectivity index (χ2n) is 4.82. The molecule has 1 aromatic carbocycles. The summed E-state index contributed by atoms with van der Waals surface area (Å²) >= 11 is 0. The minimum atomic E-state index is -0.329. The van der Waals surface area contributed by atoms with Crippen LogP contribution < -0.4 is 5.32 Å². The van der Waals surface area contributed by atoms with E-state index < -0.39 is 0 Å².